The second-order valence-corrected chi connectivity index (χ2v) is 13.2. The molecule has 2 aromatic heterocycles. The minimum atomic E-state index is -3.66. The van der Waals surface area contributed by atoms with Crippen molar-refractivity contribution in [3.8, 4) is 0 Å². The van der Waals surface area contributed by atoms with Gasteiger partial charge in [-0.15, -0.1) is 5.10 Å². The van der Waals surface area contributed by atoms with E-state index in [1.54, 1.807) is 18.3 Å². The summed E-state index contributed by atoms with van der Waals surface area (Å²) in [4.78, 5) is 5.57. The van der Waals surface area contributed by atoms with Gasteiger partial charge < -0.3 is 4.62 Å². The molecule has 0 aliphatic carbocycles. The van der Waals surface area contributed by atoms with Crippen molar-refractivity contribution >= 4 is 29.1 Å². The van der Waals surface area contributed by atoms with Crippen molar-refractivity contribution in [1.82, 2.24) is 20.1 Å². The van der Waals surface area contributed by atoms with Crippen LogP contribution in [-0.4, -0.2) is 20.1 Å². The monoisotopic (exact) mass is 476 g/mol. The van der Waals surface area contributed by atoms with E-state index >= 15 is 4.57 Å². The second kappa shape index (κ2) is 8.35. The zero-order chi connectivity index (χ0) is 24.9. The number of benzene rings is 2. The quantitative estimate of drug-likeness (QED) is 0.369. The summed E-state index contributed by atoms with van der Waals surface area (Å²) < 4.78 is 21.5. The number of fused-ring (bicyclic) bond motifs is 1. The molecular formula is C27H33N4O2P. The molecular weight excluding hydrogens is 443 g/mol. The van der Waals surface area contributed by atoms with Gasteiger partial charge in [-0.05, 0) is 76.4 Å². The summed E-state index contributed by atoms with van der Waals surface area (Å²) in [7, 11) is -3.66. The van der Waals surface area contributed by atoms with Crippen molar-refractivity contribution in [2.24, 2.45) is 0 Å². The molecule has 0 aliphatic rings. The predicted octanol–water partition coefficient (Wildman–Crippen LogP) is 5.40. The molecule has 0 fully saturated rings. The molecule has 0 atom stereocenters. The predicted molar refractivity (Wildman–Crippen MR) is 139 cm³/mol. The molecule has 6 nitrogen and oxygen atoms in total. The molecule has 0 unspecified atom stereocenters. The second-order valence-electron chi connectivity index (χ2n) is 10.9. The topological polar surface area (TPSA) is 69.9 Å². The minimum Gasteiger partial charge on any atom is -0.328 e. The van der Waals surface area contributed by atoms with Crippen LogP contribution in [-0.2, 0) is 15.4 Å². The molecule has 0 N–H and O–H groups in total. The lowest BCUT2D eigenvalue weighted by Crippen LogP contribution is -2.31. The summed E-state index contributed by atoms with van der Waals surface area (Å²) in [6.45, 7) is 16.8. The van der Waals surface area contributed by atoms with Gasteiger partial charge in [-0.2, -0.15) is 0 Å². The summed E-state index contributed by atoms with van der Waals surface area (Å²) in [5, 5.41) is 9.62. The molecule has 0 bridgehead atoms. The third kappa shape index (κ3) is 4.39. The summed E-state index contributed by atoms with van der Waals surface area (Å²) >= 11 is 0. The van der Waals surface area contributed by atoms with Crippen LogP contribution in [0.5, 0.6) is 0 Å². The molecule has 178 valence electrons. The Hall–Kier alpha value is -2.98. The van der Waals surface area contributed by atoms with Crippen molar-refractivity contribution in [2.45, 2.75) is 66.2 Å². The van der Waals surface area contributed by atoms with Crippen molar-refractivity contribution < 1.29 is 9.19 Å². The fourth-order valence-electron chi connectivity index (χ4n) is 3.91. The van der Waals surface area contributed by atoms with Gasteiger partial charge in [-0.25, -0.2) is 4.98 Å². The van der Waals surface area contributed by atoms with Crippen LogP contribution in [0.25, 0.3) is 11.2 Å². The van der Waals surface area contributed by atoms with Crippen LogP contribution in [0, 0.1) is 13.8 Å². The maximum Gasteiger partial charge on any atom is 0.331 e. The van der Waals surface area contributed by atoms with Crippen LogP contribution in [0.3, 0.4) is 0 Å². The maximum atomic E-state index is 15.2. The highest BCUT2D eigenvalue weighted by Crippen LogP contribution is 2.45. The van der Waals surface area contributed by atoms with Gasteiger partial charge in [0.25, 0.3) is 0 Å². The van der Waals surface area contributed by atoms with E-state index in [2.05, 4.69) is 69.0 Å². The Bertz CT molecular complexity index is 1340. The van der Waals surface area contributed by atoms with Crippen LogP contribution < -0.4 is 15.2 Å². The summed E-state index contributed by atoms with van der Waals surface area (Å²) in [5.74, 6) is 0. The molecule has 7 heteroatoms. The van der Waals surface area contributed by atoms with Crippen LogP contribution >= 0.6 is 7.37 Å². The largest absolute Gasteiger partial charge is 0.331 e. The fraction of sp³-hybridized carbons (Fsp3) is 0.370. The molecule has 0 amide bonds. The van der Waals surface area contributed by atoms with E-state index in [0.29, 0.717) is 21.8 Å². The fourth-order valence-corrected chi connectivity index (χ4v) is 6.37. The Morgan fingerprint density at radius 1 is 0.824 bits per heavy atom. The van der Waals surface area contributed by atoms with Crippen molar-refractivity contribution in [1.29, 1.82) is 0 Å². The lowest BCUT2D eigenvalue weighted by atomic mass is 9.87. The van der Waals surface area contributed by atoms with Gasteiger partial charge >= 0.3 is 7.37 Å². The van der Waals surface area contributed by atoms with E-state index in [0.717, 1.165) is 22.3 Å². The first-order valence-electron chi connectivity index (χ1n) is 11.5. The number of aromatic nitrogens is 4. The highest BCUT2D eigenvalue weighted by atomic mass is 31.2. The van der Waals surface area contributed by atoms with Crippen molar-refractivity contribution in [2.75, 3.05) is 0 Å². The molecule has 0 aliphatic heterocycles. The van der Waals surface area contributed by atoms with Crippen LogP contribution in [0.15, 0.2) is 54.7 Å². The molecule has 34 heavy (non-hydrogen) atoms. The number of hydrogen-bond donors (Lipinski definition) is 0. The first-order chi connectivity index (χ1) is 15.8. The Morgan fingerprint density at radius 3 is 1.85 bits per heavy atom. The number of rotatable bonds is 4. The standard InChI is InChI=1S/C27H33N4O2P/c1-18-11-13-20(26(3,4)5)16-23(18)34(32,24-17-21(27(6,7)8)14-12-19(24)2)33-31-25-22(29-30-31)10-9-15-28-25/h9-17H,1-8H3. The van der Waals surface area contributed by atoms with Crippen LogP contribution in [0.4, 0.5) is 0 Å². The van der Waals surface area contributed by atoms with Gasteiger partial charge in [-0.1, -0.05) is 70.7 Å². The summed E-state index contributed by atoms with van der Waals surface area (Å²) in [5.41, 5.74) is 4.75. The summed E-state index contributed by atoms with van der Waals surface area (Å²) in [6, 6.07) is 15.9. The zero-order valence-corrected chi connectivity index (χ0v) is 22.1. The lowest BCUT2D eigenvalue weighted by molar-refractivity contribution is 0.247. The molecule has 4 aromatic rings. The van der Waals surface area contributed by atoms with E-state index in [1.807, 2.05) is 38.1 Å². The average Bonchev–Trinajstić information content (AvgIpc) is 3.15. The van der Waals surface area contributed by atoms with Gasteiger partial charge in [0.2, 0.25) is 5.65 Å². The molecule has 2 heterocycles. The molecule has 0 saturated carbocycles. The number of aryl methyl sites for hydroxylation is 2. The van der Waals surface area contributed by atoms with Gasteiger partial charge in [0.15, 0.2) is 0 Å². The van der Waals surface area contributed by atoms with Gasteiger partial charge in [-0.3, -0.25) is 4.57 Å². The SMILES string of the molecule is Cc1ccc(C(C)(C)C)cc1P(=O)(On1nnc2cccnc21)c1cc(C(C)(C)C)ccc1C. The highest BCUT2D eigenvalue weighted by molar-refractivity contribution is 7.74. The average molecular weight is 477 g/mol. The molecule has 2 aromatic carbocycles. The minimum absolute atomic E-state index is 0.114. The number of pyridine rings is 1. The summed E-state index contributed by atoms with van der Waals surface area (Å²) in [6.07, 6.45) is 1.65. The molecule has 0 spiro atoms. The van der Waals surface area contributed by atoms with E-state index in [-0.39, 0.29) is 10.8 Å². The Kier molecular flexibility index (Phi) is 5.93. The Balaban J connectivity index is 2.01. The molecule has 0 saturated heterocycles. The van der Waals surface area contributed by atoms with Crippen molar-refractivity contribution in [3.63, 3.8) is 0 Å². The van der Waals surface area contributed by atoms with Crippen molar-refractivity contribution in [3.05, 3.63) is 77.0 Å². The van der Waals surface area contributed by atoms with E-state index in [1.165, 1.54) is 4.85 Å². The van der Waals surface area contributed by atoms with Gasteiger partial charge in [0, 0.05) is 6.20 Å². The molecule has 4 rings (SSSR count). The number of nitrogens with zero attached hydrogens (tertiary/aromatic N) is 4. The normalized spacial score (nSPS) is 12.8. The smallest absolute Gasteiger partial charge is 0.328 e. The van der Waals surface area contributed by atoms with E-state index in [9.17, 15) is 0 Å². The van der Waals surface area contributed by atoms with E-state index < -0.39 is 7.37 Å². The first kappa shape index (κ1) is 24.2. The Labute approximate surface area is 201 Å². The zero-order valence-electron chi connectivity index (χ0n) is 21.2. The lowest BCUT2D eigenvalue weighted by Gasteiger charge is -2.27. The number of hydrogen-bond acceptors (Lipinski definition) is 5. The van der Waals surface area contributed by atoms with Gasteiger partial charge in [0.1, 0.15) is 5.52 Å². The maximum absolute atomic E-state index is 15.2. The van der Waals surface area contributed by atoms with Gasteiger partial charge in [0.05, 0.1) is 10.6 Å². The highest BCUT2D eigenvalue weighted by Gasteiger charge is 2.37. The third-order valence-corrected chi connectivity index (χ3v) is 8.77. The molecule has 0 radical (unpaired) electrons. The third-order valence-electron chi connectivity index (χ3n) is 6.16. The first-order valence-corrected chi connectivity index (χ1v) is 13.1. The van der Waals surface area contributed by atoms with Crippen LogP contribution in [0.2, 0.25) is 0 Å². The van der Waals surface area contributed by atoms with Crippen LogP contribution in [0.1, 0.15) is 63.8 Å². The Morgan fingerprint density at radius 2 is 1.35 bits per heavy atom. The van der Waals surface area contributed by atoms with E-state index in [4.69, 9.17) is 4.62 Å².